The molecule has 51 heavy (non-hydrogen) atoms. The van der Waals surface area contributed by atoms with Crippen molar-refractivity contribution in [1.82, 2.24) is 15.0 Å². The average Bonchev–Trinajstić information content (AvgIpc) is 3.16. The van der Waals surface area contributed by atoms with E-state index in [1.54, 1.807) is 6.07 Å². The third kappa shape index (κ3) is 5.77. The summed E-state index contributed by atoms with van der Waals surface area (Å²) in [5, 5.41) is 14.3. The number of nitriles is 1. The summed E-state index contributed by atoms with van der Waals surface area (Å²) < 4.78 is 0. The number of aromatic nitrogens is 3. The molecule has 0 N–H and O–H groups in total. The van der Waals surface area contributed by atoms with Gasteiger partial charge in [-0.2, -0.15) is 5.26 Å². The minimum atomic E-state index is 0.306. The van der Waals surface area contributed by atoms with Crippen LogP contribution in [0.3, 0.4) is 0 Å². The molecule has 248 valence electrons. The van der Waals surface area contributed by atoms with E-state index >= 15 is 0 Å². The molecule has 4 nitrogen and oxygen atoms in total. The second-order valence-electron chi connectivity index (χ2n) is 15.3. The zero-order valence-corrected chi connectivity index (χ0v) is 29.2. The average molecular weight is 661 g/mol. The number of rotatable bonds is 5. The highest BCUT2D eigenvalue weighted by Gasteiger charge is 2.45. The summed E-state index contributed by atoms with van der Waals surface area (Å²) in [5.74, 6) is 4.18. The Balaban J connectivity index is 1.21. The lowest BCUT2D eigenvalue weighted by molar-refractivity contribution is 0.0780. The predicted molar refractivity (Wildman–Crippen MR) is 208 cm³/mol. The Kier molecular flexibility index (Phi) is 7.73. The van der Waals surface area contributed by atoms with Crippen LogP contribution in [0.15, 0.2) is 127 Å². The fourth-order valence-corrected chi connectivity index (χ4v) is 9.61. The third-order valence-corrected chi connectivity index (χ3v) is 11.5. The molecule has 2 aliphatic carbocycles. The maximum Gasteiger partial charge on any atom is 0.164 e. The molecule has 0 saturated heterocycles. The smallest absolute Gasteiger partial charge is 0.164 e. The largest absolute Gasteiger partial charge is 0.208 e. The van der Waals surface area contributed by atoms with E-state index in [-0.39, 0.29) is 0 Å². The van der Waals surface area contributed by atoms with Gasteiger partial charge in [0.25, 0.3) is 0 Å². The molecule has 2 fully saturated rings. The Morgan fingerprint density at radius 3 is 1.82 bits per heavy atom. The van der Waals surface area contributed by atoms with Gasteiger partial charge in [0.05, 0.1) is 11.6 Å². The van der Waals surface area contributed by atoms with E-state index in [4.69, 9.17) is 15.0 Å². The van der Waals surface area contributed by atoms with Crippen LogP contribution in [0.4, 0.5) is 0 Å². The van der Waals surface area contributed by atoms with Gasteiger partial charge in [-0.3, -0.25) is 0 Å². The van der Waals surface area contributed by atoms with Gasteiger partial charge in [0.2, 0.25) is 0 Å². The molecule has 1 heterocycles. The Morgan fingerprint density at radius 2 is 1.14 bits per heavy atom. The first-order valence-corrected chi connectivity index (χ1v) is 18.3. The zero-order valence-electron chi connectivity index (χ0n) is 29.2. The molecule has 0 amide bonds. The molecule has 0 aliphatic heterocycles. The molecule has 0 radical (unpaired) electrons. The van der Waals surface area contributed by atoms with Gasteiger partial charge in [0, 0.05) is 16.7 Å². The van der Waals surface area contributed by atoms with Crippen molar-refractivity contribution in [3.05, 3.63) is 139 Å². The summed E-state index contributed by atoms with van der Waals surface area (Å²) >= 11 is 0. The summed E-state index contributed by atoms with van der Waals surface area (Å²) in [6, 6.07) is 46.9. The van der Waals surface area contributed by atoms with Crippen LogP contribution < -0.4 is 0 Å². The van der Waals surface area contributed by atoms with Crippen molar-refractivity contribution in [2.24, 2.45) is 17.8 Å². The van der Waals surface area contributed by atoms with Crippen molar-refractivity contribution in [2.75, 3.05) is 0 Å². The molecule has 2 saturated carbocycles. The van der Waals surface area contributed by atoms with Crippen LogP contribution in [-0.4, -0.2) is 15.0 Å². The summed E-state index contributed by atoms with van der Waals surface area (Å²) in [6.45, 7) is 4.93. The molecule has 9 rings (SSSR count). The van der Waals surface area contributed by atoms with Gasteiger partial charge in [-0.15, -0.1) is 0 Å². The van der Waals surface area contributed by atoms with E-state index in [2.05, 4.69) is 92.7 Å². The van der Waals surface area contributed by atoms with Crippen molar-refractivity contribution in [2.45, 2.75) is 51.4 Å². The number of hydrogen-bond acceptors (Lipinski definition) is 4. The molecule has 1 unspecified atom stereocenters. The number of fused-ring (bicyclic) bond motifs is 4. The molecule has 2 aliphatic rings. The van der Waals surface area contributed by atoms with Crippen LogP contribution in [0.25, 0.3) is 66.8 Å². The van der Waals surface area contributed by atoms with Crippen LogP contribution in [0.5, 0.6) is 0 Å². The lowest BCUT2D eigenvalue weighted by atomic mass is 9.54. The molecule has 4 heteroatoms. The van der Waals surface area contributed by atoms with Gasteiger partial charge in [0.15, 0.2) is 17.5 Å². The summed E-state index contributed by atoms with van der Waals surface area (Å²) in [4.78, 5) is 15.1. The number of benzene rings is 6. The Bertz CT molecular complexity index is 2440. The van der Waals surface area contributed by atoms with Crippen LogP contribution in [0.1, 0.15) is 57.1 Å². The Labute approximate surface area is 299 Å². The first kappa shape index (κ1) is 31.3. The van der Waals surface area contributed by atoms with Crippen LogP contribution >= 0.6 is 0 Å². The van der Waals surface area contributed by atoms with Gasteiger partial charge >= 0.3 is 0 Å². The van der Waals surface area contributed by atoms with Crippen molar-refractivity contribution in [3.63, 3.8) is 0 Å². The standard InChI is InChI=1S/C47H40N4/c1-30-21-33-22-31(2)27-47(26-30,28-33)39-17-15-34(16-18-39)40-19-20-41(43-25-37-13-7-6-12-36(37)24-42(40)43)46-50-44(35-10-4-3-5-11-35)49-45(51-46)38-14-8-9-32(23-38)29-48/h3-20,23-25,30-31,33H,21-22,26-28H2,1-2H3/t30-,31+,33-,47?. The molecular weight excluding hydrogens is 621 g/mol. The summed E-state index contributed by atoms with van der Waals surface area (Å²) in [6.07, 6.45) is 6.72. The second-order valence-corrected chi connectivity index (χ2v) is 15.3. The topological polar surface area (TPSA) is 62.5 Å². The van der Waals surface area contributed by atoms with E-state index in [1.165, 1.54) is 65.0 Å². The summed E-state index contributed by atoms with van der Waals surface area (Å²) in [7, 11) is 0. The fourth-order valence-electron chi connectivity index (χ4n) is 9.61. The molecule has 7 aromatic rings. The highest BCUT2D eigenvalue weighted by Crippen LogP contribution is 2.54. The van der Waals surface area contributed by atoms with E-state index in [0.717, 1.165) is 39.8 Å². The van der Waals surface area contributed by atoms with Crippen molar-refractivity contribution in [3.8, 4) is 51.4 Å². The molecular formula is C47H40N4. The van der Waals surface area contributed by atoms with Gasteiger partial charge in [-0.25, -0.2) is 15.0 Å². The van der Waals surface area contributed by atoms with Crippen molar-refractivity contribution in [1.29, 1.82) is 5.26 Å². The lowest BCUT2D eigenvalue weighted by Crippen LogP contribution is -2.42. The van der Waals surface area contributed by atoms with Gasteiger partial charge in [-0.1, -0.05) is 111 Å². The van der Waals surface area contributed by atoms with Gasteiger partial charge in [0.1, 0.15) is 0 Å². The second kappa shape index (κ2) is 12.6. The molecule has 4 atom stereocenters. The SMILES string of the molecule is C[C@@H]1C[C@@H]2C[C@H](C)CC(c3ccc(-c4ccc(-c5nc(-c6ccccc6)nc(-c6cccc(C#N)c6)n5)c5cc6ccccc6cc45)cc3)(C1)C2. The monoisotopic (exact) mass is 660 g/mol. The minimum absolute atomic E-state index is 0.306. The van der Waals surface area contributed by atoms with E-state index < -0.39 is 0 Å². The summed E-state index contributed by atoms with van der Waals surface area (Å²) in [5.41, 5.74) is 7.47. The predicted octanol–water partition coefficient (Wildman–Crippen LogP) is 11.8. The number of nitrogens with zero attached hydrogens (tertiary/aromatic N) is 4. The van der Waals surface area contributed by atoms with Crippen LogP contribution in [0, 0.1) is 29.1 Å². The maximum atomic E-state index is 9.64. The fraction of sp³-hybridized carbons (Fsp3) is 0.234. The highest BCUT2D eigenvalue weighted by atomic mass is 15.0. The van der Waals surface area contributed by atoms with Crippen molar-refractivity contribution >= 4 is 21.5 Å². The van der Waals surface area contributed by atoms with Gasteiger partial charge in [-0.05, 0) is 124 Å². The van der Waals surface area contributed by atoms with Gasteiger partial charge < -0.3 is 0 Å². The van der Waals surface area contributed by atoms with E-state index in [0.29, 0.717) is 28.5 Å². The van der Waals surface area contributed by atoms with Crippen LogP contribution in [0.2, 0.25) is 0 Å². The molecule has 2 bridgehead atoms. The lowest BCUT2D eigenvalue weighted by Gasteiger charge is -2.50. The zero-order chi connectivity index (χ0) is 34.5. The first-order chi connectivity index (χ1) is 24.9. The molecule has 1 aromatic heterocycles. The first-order valence-electron chi connectivity index (χ1n) is 18.3. The highest BCUT2D eigenvalue weighted by molar-refractivity contribution is 6.10. The van der Waals surface area contributed by atoms with Crippen LogP contribution in [-0.2, 0) is 5.41 Å². The quantitative estimate of drug-likeness (QED) is 0.172. The Morgan fingerprint density at radius 1 is 0.549 bits per heavy atom. The molecule has 6 aromatic carbocycles. The third-order valence-electron chi connectivity index (χ3n) is 11.5. The molecule has 0 spiro atoms. The number of hydrogen-bond donors (Lipinski definition) is 0. The normalized spacial score (nSPS) is 21.4. The Hall–Kier alpha value is -5.66. The van der Waals surface area contributed by atoms with Crippen molar-refractivity contribution < 1.29 is 0 Å². The minimum Gasteiger partial charge on any atom is -0.208 e. The maximum absolute atomic E-state index is 9.64. The van der Waals surface area contributed by atoms with E-state index in [9.17, 15) is 5.26 Å². The van der Waals surface area contributed by atoms with E-state index in [1.807, 2.05) is 48.5 Å².